The molecule has 0 radical (unpaired) electrons. The third kappa shape index (κ3) is 4.90. The number of benzene rings is 3. The number of hydrogen-bond acceptors (Lipinski definition) is 5. The molecule has 0 aliphatic rings. The second kappa shape index (κ2) is 9.82. The van der Waals surface area contributed by atoms with Gasteiger partial charge in [-0.15, -0.1) is 0 Å². The molecule has 1 atom stereocenters. The van der Waals surface area contributed by atoms with Gasteiger partial charge in [0.2, 0.25) is 0 Å². The predicted octanol–water partition coefficient (Wildman–Crippen LogP) is 4.76. The highest BCUT2D eigenvalue weighted by molar-refractivity contribution is 7.92. The Bertz CT molecular complexity index is 1490. The van der Waals surface area contributed by atoms with E-state index >= 15 is 0 Å². The number of carbonyl (C=O) groups excluding carboxylic acids is 1. The van der Waals surface area contributed by atoms with Crippen molar-refractivity contribution in [2.24, 2.45) is 0 Å². The van der Waals surface area contributed by atoms with Crippen molar-refractivity contribution in [2.45, 2.75) is 37.8 Å². The number of fused-ring (bicyclic) bond motifs is 1. The number of hydrogen-bond donors (Lipinski definition) is 2. The minimum atomic E-state index is -3.99. The smallest absolute Gasteiger partial charge is 0.308 e. The standard InChI is InChI=1S/C25H25N3O4S2/c1-3-15-28-22-14-13-19(16-23(22)33-25(28)30)34(31,32)27-21-12-8-7-11-20(21)24(29)26-17(2)18-9-5-4-6-10-18/h4-14,16-17,27H,3,15H2,1-2H3,(H,26,29)/t17-/m1/s1. The lowest BCUT2D eigenvalue weighted by Gasteiger charge is -2.17. The first-order chi connectivity index (χ1) is 16.3. The third-order valence-electron chi connectivity index (χ3n) is 5.46. The summed E-state index contributed by atoms with van der Waals surface area (Å²) in [7, 11) is -3.99. The van der Waals surface area contributed by atoms with Crippen LogP contribution < -0.4 is 14.9 Å². The third-order valence-corrected chi connectivity index (χ3v) is 7.77. The molecule has 9 heteroatoms. The first-order valence-corrected chi connectivity index (χ1v) is 13.2. The van der Waals surface area contributed by atoms with E-state index in [0.717, 1.165) is 23.3 Å². The quantitative estimate of drug-likeness (QED) is 0.368. The van der Waals surface area contributed by atoms with Crippen LogP contribution in [0.25, 0.3) is 10.2 Å². The molecule has 0 aliphatic carbocycles. The van der Waals surface area contributed by atoms with Crippen LogP contribution in [0.2, 0.25) is 0 Å². The zero-order valence-electron chi connectivity index (χ0n) is 18.8. The van der Waals surface area contributed by atoms with Crippen LogP contribution >= 0.6 is 11.3 Å². The first kappa shape index (κ1) is 23.7. The molecule has 1 amide bonds. The molecule has 0 aliphatic heterocycles. The fourth-order valence-corrected chi connectivity index (χ4v) is 5.86. The fourth-order valence-electron chi connectivity index (χ4n) is 3.72. The summed E-state index contributed by atoms with van der Waals surface area (Å²) in [5.41, 5.74) is 2.05. The average Bonchev–Trinajstić information content (AvgIpc) is 3.14. The molecule has 1 aromatic heterocycles. The fraction of sp³-hybridized carbons (Fsp3) is 0.200. The van der Waals surface area contributed by atoms with Gasteiger partial charge < -0.3 is 5.32 Å². The Hall–Kier alpha value is -3.43. The van der Waals surface area contributed by atoms with Crippen molar-refractivity contribution in [2.75, 3.05) is 4.72 Å². The summed E-state index contributed by atoms with van der Waals surface area (Å²) in [6.07, 6.45) is 0.801. The summed E-state index contributed by atoms with van der Waals surface area (Å²) in [5.74, 6) is -0.389. The molecule has 0 saturated heterocycles. The predicted molar refractivity (Wildman–Crippen MR) is 136 cm³/mol. The molecule has 0 bridgehead atoms. The number of nitrogens with zero attached hydrogens (tertiary/aromatic N) is 1. The van der Waals surface area contributed by atoms with Gasteiger partial charge in [-0.2, -0.15) is 0 Å². The number of rotatable bonds is 8. The molecule has 34 heavy (non-hydrogen) atoms. The summed E-state index contributed by atoms with van der Waals surface area (Å²) in [4.78, 5) is 25.1. The van der Waals surface area contributed by atoms with Gasteiger partial charge in [-0.25, -0.2) is 8.42 Å². The van der Waals surface area contributed by atoms with Crippen LogP contribution in [0.5, 0.6) is 0 Å². The van der Waals surface area contributed by atoms with Gasteiger partial charge in [-0.05, 0) is 49.2 Å². The van der Waals surface area contributed by atoms with Gasteiger partial charge in [-0.3, -0.25) is 18.9 Å². The minimum absolute atomic E-state index is 0.0257. The highest BCUT2D eigenvalue weighted by atomic mass is 32.2. The van der Waals surface area contributed by atoms with Crippen molar-refractivity contribution < 1.29 is 13.2 Å². The maximum Gasteiger partial charge on any atom is 0.308 e. The largest absolute Gasteiger partial charge is 0.345 e. The maximum absolute atomic E-state index is 13.2. The van der Waals surface area contributed by atoms with Gasteiger partial charge in [0, 0.05) is 6.54 Å². The van der Waals surface area contributed by atoms with Crippen LogP contribution in [0.4, 0.5) is 5.69 Å². The first-order valence-electron chi connectivity index (χ1n) is 10.9. The zero-order valence-corrected chi connectivity index (χ0v) is 20.4. The highest BCUT2D eigenvalue weighted by Gasteiger charge is 2.21. The molecule has 1 heterocycles. The van der Waals surface area contributed by atoms with Crippen LogP contribution in [-0.2, 0) is 16.6 Å². The van der Waals surface area contributed by atoms with E-state index in [2.05, 4.69) is 10.0 Å². The second-order valence-corrected chi connectivity index (χ2v) is 10.6. The normalized spacial score (nSPS) is 12.4. The minimum Gasteiger partial charge on any atom is -0.345 e. The Balaban J connectivity index is 1.60. The van der Waals surface area contributed by atoms with E-state index in [1.807, 2.05) is 44.2 Å². The monoisotopic (exact) mass is 495 g/mol. The summed E-state index contributed by atoms with van der Waals surface area (Å²) >= 11 is 1.02. The van der Waals surface area contributed by atoms with Crippen molar-refractivity contribution in [3.63, 3.8) is 0 Å². The Morgan fingerprint density at radius 3 is 2.47 bits per heavy atom. The van der Waals surface area contributed by atoms with Crippen LogP contribution in [0, 0.1) is 0 Å². The number of thiazole rings is 1. The highest BCUT2D eigenvalue weighted by Crippen LogP contribution is 2.25. The second-order valence-electron chi connectivity index (χ2n) is 7.91. The van der Waals surface area contributed by atoms with Gasteiger partial charge in [0.25, 0.3) is 15.9 Å². The van der Waals surface area contributed by atoms with E-state index in [0.29, 0.717) is 16.8 Å². The molecule has 4 aromatic rings. The number of sulfonamides is 1. The Kier molecular flexibility index (Phi) is 6.85. The van der Waals surface area contributed by atoms with E-state index < -0.39 is 10.0 Å². The number of nitrogens with one attached hydrogen (secondary N) is 2. The van der Waals surface area contributed by atoms with Gasteiger partial charge in [0.05, 0.1) is 32.4 Å². The van der Waals surface area contributed by atoms with Crippen molar-refractivity contribution in [1.29, 1.82) is 0 Å². The van der Waals surface area contributed by atoms with Crippen molar-refractivity contribution in [3.8, 4) is 0 Å². The molecule has 176 valence electrons. The number of amides is 1. The van der Waals surface area contributed by atoms with Crippen LogP contribution in [0.1, 0.15) is 42.2 Å². The number of carbonyl (C=O) groups is 1. The molecule has 0 fully saturated rings. The Morgan fingerprint density at radius 1 is 1.03 bits per heavy atom. The van der Waals surface area contributed by atoms with Crippen LogP contribution in [0.3, 0.4) is 0 Å². The summed E-state index contributed by atoms with van der Waals surface area (Å²) in [5, 5.41) is 2.91. The lowest BCUT2D eigenvalue weighted by Crippen LogP contribution is -2.28. The summed E-state index contributed by atoms with van der Waals surface area (Å²) in [6.45, 7) is 4.42. The molecular weight excluding hydrogens is 470 g/mol. The maximum atomic E-state index is 13.2. The number of para-hydroxylation sites is 1. The molecule has 0 unspecified atom stereocenters. The molecule has 0 spiro atoms. The summed E-state index contributed by atoms with van der Waals surface area (Å²) in [6, 6.07) is 20.3. The lowest BCUT2D eigenvalue weighted by atomic mass is 10.1. The Morgan fingerprint density at radius 2 is 1.74 bits per heavy atom. The van der Waals surface area contributed by atoms with E-state index in [-0.39, 0.29) is 33.0 Å². The SMILES string of the molecule is CCCn1c(=O)sc2cc(S(=O)(=O)Nc3ccccc3C(=O)N[C@H](C)c3ccccc3)ccc21. The Labute approximate surface area is 202 Å². The summed E-state index contributed by atoms with van der Waals surface area (Å²) < 4.78 is 31.1. The van der Waals surface area contributed by atoms with Crippen molar-refractivity contribution >= 4 is 43.2 Å². The van der Waals surface area contributed by atoms with Gasteiger partial charge >= 0.3 is 4.87 Å². The molecule has 0 saturated carbocycles. The van der Waals surface area contributed by atoms with Crippen LogP contribution in [-0.4, -0.2) is 18.9 Å². The number of aromatic nitrogens is 1. The van der Waals surface area contributed by atoms with Crippen molar-refractivity contribution in [1.82, 2.24) is 9.88 Å². The van der Waals surface area contributed by atoms with Crippen LogP contribution in [0.15, 0.2) is 82.5 Å². The molecule has 3 aromatic carbocycles. The van der Waals surface area contributed by atoms with Gasteiger partial charge in [0.1, 0.15) is 0 Å². The molecule has 7 nitrogen and oxygen atoms in total. The topological polar surface area (TPSA) is 97.3 Å². The van der Waals surface area contributed by atoms with Gasteiger partial charge in [0.15, 0.2) is 0 Å². The van der Waals surface area contributed by atoms with E-state index in [1.165, 1.54) is 12.1 Å². The number of anilines is 1. The van der Waals surface area contributed by atoms with Gasteiger partial charge in [-0.1, -0.05) is 60.7 Å². The van der Waals surface area contributed by atoms with Crippen molar-refractivity contribution in [3.05, 3.63) is 93.6 Å². The van der Waals surface area contributed by atoms with E-state index in [9.17, 15) is 18.0 Å². The molecule has 2 N–H and O–H groups in total. The molecular formula is C25H25N3O4S2. The molecule has 4 rings (SSSR count). The zero-order chi connectivity index (χ0) is 24.3. The average molecular weight is 496 g/mol. The van der Waals surface area contributed by atoms with E-state index in [1.54, 1.807) is 34.9 Å². The number of aryl methyl sites for hydroxylation is 1. The van der Waals surface area contributed by atoms with E-state index in [4.69, 9.17) is 0 Å². The lowest BCUT2D eigenvalue weighted by molar-refractivity contribution is 0.0941.